The Balaban J connectivity index is 1.93. The first-order chi connectivity index (χ1) is 13.4. The number of hydrogen-bond donors (Lipinski definition) is 1. The fraction of sp³-hybridized carbons (Fsp3) is 0.333. The van der Waals surface area contributed by atoms with Crippen molar-refractivity contribution in [2.75, 3.05) is 25.5 Å². The first-order valence-corrected chi connectivity index (χ1v) is 9.84. The lowest BCUT2D eigenvalue weighted by atomic mass is 10.1. The van der Waals surface area contributed by atoms with Gasteiger partial charge in [0.1, 0.15) is 5.75 Å². The molecule has 0 unspecified atom stereocenters. The van der Waals surface area contributed by atoms with Crippen LogP contribution in [0.15, 0.2) is 42.5 Å². The summed E-state index contributed by atoms with van der Waals surface area (Å²) in [5, 5.41) is 3.59. The number of nitrogens with one attached hydrogen (secondary N) is 1. The highest BCUT2D eigenvalue weighted by atomic mass is 35.5. The van der Waals surface area contributed by atoms with Gasteiger partial charge in [0, 0.05) is 18.0 Å². The van der Waals surface area contributed by atoms with Crippen LogP contribution in [0.25, 0.3) is 0 Å². The van der Waals surface area contributed by atoms with Crippen molar-refractivity contribution in [1.29, 1.82) is 0 Å². The van der Waals surface area contributed by atoms with Crippen molar-refractivity contribution in [1.82, 2.24) is 4.90 Å². The van der Waals surface area contributed by atoms with Gasteiger partial charge < -0.3 is 15.0 Å². The maximum atomic E-state index is 12.6. The van der Waals surface area contributed by atoms with Gasteiger partial charge in [0.15, 0.2) is 0 Å². The van der Waals surface area contributed by atoms with E-state index in [2.05, 4.69) is 5.32 Å². The van der Waals surface area contributed by atoms with Gasteiger partial charge in [-0.05, 0) is 48.7 Å². The fourth-order valence-electron chi connectivity index (χ4n) is 2.72. The van der Waals surface area contributed by atoms with Crippen LogP contribution in [0.4, 0.5) is 5.69 Å². The molecule has 0 saturated heterocycles. The maximum absolute atomic E-state index is 12.6. The summed E-state index contributed by atoms with van der Waals surface area (Å²) < 4.78 is 5.14. The van der Waals surface area contributed by atoms with Crippen molar-refractivity contribution < 1.29 is 14.3 Å². The second-order valence-corrected chi connectivity index (χ2v) is 7.18. The normalized spacial score (nSPS) is 10.4. The molecule has 0 aliphatic heterocycles. The Hall–Kier alpha value is -2.24. The number of hydrogen-bond acceptors (Lipinski definition) is 3. The molecule has 0 bridgehead atoms. The summed E-state index contributed by atoms with van der Waals surface area (Å²) in [5.41, 5.74) is 1.47. The summed E-state index contributed by atoms with van der Waals surface area (Å²) in [4.78, 5) is 26.6. The lowest BCUT2D eigenvalue weighted by Gasteiger charge is -2.22. The Morgan fingerprint density at radius 1 is 1.11 bits per heavy atom. The minimum Gasteiger partial charge on any atom is -0.497 e. The zero-order valence-electron chi connectivity index (χ0n) is 16.0. The number of carbonyl (C=O) groups excluding carboxylic acids is 2. The van der Waals surface area contributed by atoms with E-state index in [0.717, 1.165) is 17.7 Å². The molecule has 150 valence electrons. The zero-order valence-corrected chi connectivity index (χ0v) is 17.5. The maximum Gasteiger partial charge on any atom is 0.244 e. The van der Waals surface area contributed by atoms with E-state index in [1.165, 1.54) is 0 Å². The van der Waals surface area contributed by atoms with E-state index in [4.69, 9.17) is 27.9 Å². The Kier molecular flexibility index (Phi) is 8.61. The second kappa shape index (κ2) is 10.9. The third kappa shape index (κ3) is 6.73. The molecule has 0 spiro atoms. The molecular formula is C21H24Cl2N2O3. The van der Waals surface area contributed by atoms with Gasteiger partial charge in [-0.1, -0.05) is 42.3 Å². The molecule has 28 heavy (non-hydrogen) atoms. The molecule has 0 saturated carbocycles. The van der Waals surface area contributed by atoms with E-state index >= 15 is 0 Å². The van der Waals surface area contributed by atoms with Crippen LogP contribution in [0.2, 0.25) is 10.0 Å². The number of amides is 2. The highest BCUT2D eigenvalue weighted by Crippen LogP contribution is 2.25. The van der Waals surface area contributed by atoms with Gasteiger partial charge in [-0.3, -0.25) is 9.59 Å². The van der Waals surface area contributed by atoms with Crippen LogP contribution >= 0.6 is 23.2 Å². The average molecular weight is 423 g/mol. The molecule has 2 amide bonds. The minimum absolute atomic E-state index is 0.0296. The molecule has 0 atom stereocenters. The number of carbonyl (C=O) groups is 2. The molecule has 0 aromatic heterocycles. The standard InChI is InChI=1S/C21H24Cl2N2O3/c1-3-12-25(14-20(26)24-19-13-16(22)7-10-18(19)23)21(27)11-6-15-4-8-17(28-2)9-5-15/h4-5,7-10,13H,3,6,11-12,14H2,1-2H3,(H,24,26). The van der Waals surface area contributed by atoms with Crippen molar-refractivity contribution in [3.8, 4) is 5.75 Å². The molecule has 7 heteroatoms. The Morgan fingerprint density at radius 2 is 1.82 bits per heavy atom. The lowest BCUT2D eigenvalue weighted by Crippen LogP contribution is -2.38. The Morgan fingerprint density at radius 3 is 2.46 bits per heavy atom. The summed E-state index contributed by atoms with van der Waals surface area (Å²) >= 11 is 12.0. The SMILES string of the molecule is CCCN(CC(=O)Nc1cc(Cl)ccc1Cl)C(=O)CCc1ccc(OC)cc1. The summed E-state index contributed by atoms with van der Waals surface area (Å²) in [6, 6.07) is 12.4. The van der Waals surface area contributed by atoms with Gasteiger partial charge in [-0.25, -0.2) is 0 Å². The van der Waals surface area contributed by atoms with E-state index in [1.807, 2.05) is 31.2 Å². The quantitative estimate of drug-likeness (QED) is 0.630. The first kappa shape index (κ1) is 22.1. The predicted octanol–water partition coefficient (Wildman–Crippen LogP) is 4.81. The molecule has 0 heterocycles. The summed E-state index contributed by atoms with van der Waals surface area (Å²) in [5.74, 6) is 0.402. The minimum atomic E-state index is -0.310. The Bertz CT molecular complexity index is 810. The zero-order chi connectivity index (χ0) is 20.5. The second-order valence-electron chi connectivity index (χ2n) is 6.34. The number of aryl methyl sites for hydroxylation is 1. The van der Waals surface area contributed by atoms with Gasteiger partial charge >= 0.3 is 0 Å². The van der Waals surface area contributed by atoms with Crippen molar-refractivity contribution in [3.63, 3.8) is 0 Å². The fourth-order valence-corrected chi connectivity index (χ4v) is 3.06. The van der Waals surface area contributed by atoms with Crippen LogP contribution in [0.1, 0.15) is 25.3 Å². The summed E-state index contributed by atoms with van der Waals surface area (Å²) in [6.07, 6.45) is 1.70. The molecule has 0 radical (unpaired) electrons. The number of anilines is 1. The van der Waals surface area contributed by atoms with E-state index in [-0.39, 0.29) is 18.4 Å². The van der Waals surface area contributed by atoms with E-state index in [0.29, 0.717) is 35.1 Å². The predicted molar refractivity (Wildman–Crippen MR) is 113 cm³/mol. The number of methoxy groups -OCH3 is 1. The topological polar surface area (TPSA) is 58.6 Å². The van der Waals surface area contributed by atoms with E-state index in [9.17, 15) is 9.59 Å². The molecule has 0 fully saturated rings. The summed E-state index contributed by atoms with van der Waals surface area (Å²) in [7, 11) is 1.61. The van der Waals surface area contributed by atoms with Crippen molar-refractivity contribution in [3.05, 3.63) is 58.1 Å². The van der Waals surface area contributed by atoms with Crippen molar-refractivity contribution >= 4 is 40.7 Å². The van der Waals surface area contributed by atoms with Crippen molar-refractivity contribution in [2.24, 2.45) is 0 Å². The highest BCUT2D eigenvalue weighted by molar-refractivity contribution is 6.35. The molecule has 0 aliphatic carbocycles. The number of nitrogens with zero attached hydrogens (tertiary/aromatic N) is 1. The Labute approximate surface area is 175 Å². The molecule has 0 aliphatic rings. The van der Waals surface area contributed by atoms with Gasteiger partial charge in [-0.2, -0.15) is 0 Å². The van der Waals surface area contributed by atoms with Crippen LogP contribution in [-0.4, -0.2) is 36.9 Å². The largest absolute Gasteiger partial charge is 0.497 e. The monoisotopic (exact) mass is 422 g/mol. The number of halogens is 2. The van der Waals surface area contributed by atoms with Gasteiger partial charge in [0.05, 0.1) is 24.4 Å². The number of ether oxygens (including phenoxy) is 1. The van der Waals surface area contributed by atoms with Gasteiger partial charge in [0.2, 0.25) is 11.8 Å². The third-order valence-electron chi connectivity index (χ3n) is 4.17. The van der Waals surface area contributed by atoms with E-state index < -0.39 is 0 Å². The summed E-state index contributed by atoms with van der Waals surface area (Å²) in [6.45, 7) is 2.45. The highest BCUT2D eigenvalue weighted by Gasteiger charge is 2.17. The molecule has 2 aromatic rings. The molecule has 2 aromatic carbocycles. The van der Waals surface area contributed by atoms with Gasteiger partial charge in [0.25, 0.3) is 0 Å². The van der Waals surface area contributed by atoms with Crippen LogP contribution in [0.3, 0.4) is 0 Å². The van der Waals surface area contributed by atoms with Crippen LogP contribution in [0, 0.1) is 0 Å². The van der Waals surface area contributed by atoms with Crippen LogP contribution in [0.5, 0.6) is 5.75 Å². The molecule has 1 N–H and O–H groups in total. The third-order valence-corrected chi connectivity index (χ3v) is 4.73. The van der Waals surface area contributed by atoms with E-state index in [1.54, 1.807) is 30.2 Å². The van der Waals surface area contributed by atoms with Crippen molar-refractivity contribution in [2.45, 2.75) is 26.2 Å². The average Bonchev–Trinajstić information content (AvgIpc) is 2.69. The smallest absolute Gasteiger partial charge is 0.244 e. The molecule has 2 rings (SSSR count). The molecular weight excluding hydrogens is 399 g/mol. The number of benzene rings is 2. The lowest BCUT2D eigenvalue weighted by molar-refractivity contribution is -0.134. The molecule has 5 nitrogen and oxygen atoms in total. The number of rotatable bonds is 9. The van der Waals surface area contributed by atoms with Crippen LogP contribution in [-0.2, 0) is 16.0 Å². The van der Waals surface area contributed by atoms with Crippen LogP contribution < -0.4 is 10.1 Å². The van der Waals surface area contributed by atoms with Gasteiger partial charge in [-0.15, -0.1) is 0 Å². The first-order valence-electron chi connectivity index (χ1n) is 9.08.